The van der Waals surface area contributed by atoms with Crippen LogP contribution < -0.4 is 0 Å². The molecule has 25 heavy (non-hydrogen) atoms. The second kappa shape index (κ2) is 5.35. The Labute approximate surface area is 147 Å². The SMILES string of the molecule is OC1(C(F)(F)F)c2ccccc2-c2ccc(-c3ccccc3Cl)cc21. The van der Waals surface area contributed by atoms with Crippen LogP contribution >= 0.6 is 11.6 Å². The third-order valence-corrected chi connectivity index (χ3v) is 4.94. The molecule has 0 radical (unpaired) electrons. The molecule has 0 aliphatic heterocycles. The van der Waals surface area contributed by atoms with Gasteiger partial charge in [-0.25, -0.2) is 0 Å². The van der Waals surface area contributed by atoms with Crippen LogP contribution in [0.3, 0.4) is 0 Å². The molecule has 1 N–H and O–H groups in total. The summed E-state index contributed by atoms with van der Waals surface area (Å²) in [4.78, 5) is 0. The van der Waals surface area contributed by atoms with Crippen LogP contribution in [0.5, 0.6) is 0 Å². The number of fused-ring (bicyclic) bond motifs is 3. The molecule has 0 spiro atoms. The summed E-state index contributed by atoms with van der Waals surface area (Å²) in [7, 11) is 0. The van der Waals surface area contributed by atoms with Crippen molar-refractivity contribution in [3.8, 4) is 22.3 Å². The van der Waals surface area contributed by atoms with Gasteiger partial charge in [0, 0.05) is 21.7 Å². The van der Waals surface area contributed by atoms with Gasteiger partial charge < -0.3 is 5.11 Å². The minimum absolute atomic E-state index is 0.145. The molecule has 1 nitrogen and oxygen atoms in total. The van der Waals surface area contributed by atoms with Gasteiger partial charge in [-0.05, 0) is 28.8 Å². The Morgan fingerprint density at radius 3 is 2.04 bits per heavy atom. The van der Waals surface area contributed by atoms with E-state index in [2.05, 4.69) is 0 Å². The van der Waals surface area contributed by atoms with Gasteiger partial charge in [0.1, 0.15) is 0 Å². The molecule has 1 aliphatic rings. The van der Waals surface area contributed by atoms with Crippen molar-refractivity contribution in [2.24, 2.45) is 0 Å². The molecule has 126 valence electrons. The number of rotatable bonds is 1. The zero-order valence-electron chi connectivity index (χ0n) is 12.8. The van der Waals surface area contributed by atoms with Gasteiger partial charge in [0.2, 0.25) is 5.60 Å². The van der Waals surface area contributed by atoms with E-state index in [9.17, 15) is 18.3 Å². The van der Waals surface area contributed by atoms with Crippen molar-refractivity contribution < 1.29 is 18.3 Å². The van der Waals surface area contributed by atoms with Crippen LogP contribution in [0.25, 0.3) is 22.3 Å². The molecule has 1 aliphatic carbocycles. The summed E-state index contributed by atoms with van der Waals surface area (Å²) in [5.74, 6) is 0. The van der Waals surface area contributed by atoms with Gasteiger partial charge >= 0.3 is 6.18 Å². The van der Waals surface area contributed by atoms with E-state index in [1.54, 1.807) is 48.5 Å². The highest BCUT2D eigenvalue weighted by molar-refractivity contribution is 6.33. The highest BCUT2D eigenvalue weighted by Crippen LogP contribution is 2.55. The maximum atomic E-state index is 13.8. The quantitative estimate of drug-likeness (QED) is 0.582. The van der Waals surface area contributed by atoms with Gasteiger partial charge in [-0.15, -0.1) is 0 Å². The van der Waals surface area contributed by atoms with Crippen molar-refractivity contribution in [1.29, 1.82) is 0 Å². The second-order valence-corrected chi connectivity index (χ2v) is 6.40. The van der Waals surface area contributed by atoms with E-state index in [1.165, 1.54) is 18.2 Å². The van der Waals surface area contributed by atoms with Crippen molar-refractivity contribution in [3.05, 3.63) is 82.9 Å². The largest absolute Gasteiger partial charge is 0.425 e. The van der Waals surface area contributed by atoms with Gasteiger partial charge in [0.05, 0.1) is 0 Å². The normalized spacial score (nSPS) is 18.8. The highest BCUT2D eigenvalue weighted by Gasteiger charge is 2.60. The van der Waals surface area contributed by atoms with Gasteiger partial charge in [0.15, 0.2) is 0 Å². The van der Waals surface area contributed by atoms with Gasteiger partial charge in [-0.2, -0.15) is 13.2 Å². The molecule has 0 saturated heterocycles. The lowest BCUT2D eigenvalue weighted by Crippen LogP contribution is -2.41. The predicted molar refractivity (Wildman–Crippen MR) is 91.4 cm³/mol. The van der Waals surface area contributed by atoms with Crippen LogP contribution in [-0.2, 0) is 5.60 Å². The lowest BCUT2D eigenvalue weighted by molar-refractivity contribution is -0.246. The van der Waals surface area contributed by atoms with Crippen LogP contribution in [0.4, 0.5) is 13.2 Å². The lowest BCUT2D eigenvalue weighted by atomic mass is 9.89. The standard InChI is InChI=1S/C20H12ClF3O/c21-18-8-4-2-5-13(18)12-9-10-15-14-6-1-3-7-16(14)19(25,17(15)11-12)20(22,23)24/h1-11,25H. The van der Waals surface area contributed by atoms with E-state index >= 15 is 0 Å². The number of benzene rings is 3. The first-order valence-corrected chi connectivity index (χ1v) is 8.00. The van der Waals surface area contributed by atoms with Crippen LogP contribution in [0.1, 0.15) is 11.1 Å². The molecule has 0 aromatic heterocycles. The van der Waals surface area contributed by atoms with E-state index in [1.807, 2.05) is 0 Å². The van der Waals surface area contributed by atoms with Crippen LogP contribution in [0.15, 0.2) is 66.7 Å². The fourth-order valence-electron chi connectivity index (χ4n) is 3.43. The third kappa shape index (κ3) is 2.21. The van der Waals surface area contributed by atoms with Gasteiger partial charge in [0.25, 0.3) is 0 Å². The Morgan fingerprint density at radius 2 is 1.36 bits per heavy atom. The molecule has 4 rings (SSSR count). The highest BCUT2D eigenvalue weighted by atomic mass is 35.5. The number of halogens is 4. The molecular formula is C20H12ClF3O. The summed E-state index contributed by atoms with van der Waals surface area (Å²) in [5.41, 5.74) is -1.43. The van der Waals surface area contributed by atoms with Crippen molar-refractivity contribution in [1.82, 2.24) is 0 Å². The van der Waals surface area contributed by atoms with E-state index in [-0.39, 0.29) is 11.1 Å². The van der Waals surface area contributed by atoms with Crippen molar-refractivity contribution in [2.45, 2.75) is 11.8 Å². The average molecular weight is 361 g/mol. The summed E-state index contributed by atoms with van der Waals surface area (Å²) in [6.45, 7) is 0. The zero-order valence-corrected chi connectivity index (χ0v) is 13.6. The average Bonchev–Trinajstić information content (AvgIpc) is 2.85. The minimum Gasteiger partial charge on any atom is -0.372 e. The van der Waals surface area contributed by atoms with Crippen LogP contribution in [0.2, 0.25) is 5.02 Å². The fraction of sp³-hybridized carbons (Fsp3) is 0.100. The lowest BCUT2D eigenvalue weighted by Gasteiger charge is -2.28. The van der Waals surface area contributed by atoms with Crippen molar-refractivity contribution in [3.63, 3.8) is 0 Å². The Morgan fingerprint density at radius 1 is 0.760 bits per heavy atom. The molecule has 5 heteroatoms. The first kappa shape index (κ1) is 16.2. The Kier molecular flexibility index (Phi) is 3.46. The molecule has 0 heterocycles. The number of hydrogen-bond acceptors (Lipinski definition) is 1. The maximum Gasteiger partial charge on any atom is 0.425 e. The van der Waals surface area contributed by atoms with Crippen molar-refractivity contribution >= 4 is 11.6 Å². The molecule has 0 saturated carbocycles. The summed E-state index contributed by atoms with van der Waals surface area (Å²) < 4.78 is 41.5. The molecule has 0 bridgehead atoms. The Hall–Kier alpha value is -2.30. The molecule has 3 aromatic carbocycles. The summed E-state index contributed by atoms with van der Waals surface area (Å²) >= 11 is 6.18. The number of alkyl halides is 3. The minimum atomic E-state index is -4.84. The maximum absolute atomic E-state index is 13.8. The summed E-state index contributed by atoms with van der Waals surface area (Å²) in [6, 6.07) is 17.7. The first-order chi connectivity index (χ1) is 11.8. The van der Waals surface area contributed by atoms with Crippen LogP contribution in [-0.4, -0.2) is 11.3 Å². The molecule has 1 unspecified atom stereocenters. The summed E-state index contributed by atoms with van der Waals surface area (Å²) in [6.07, 6.45) is -4.84. The number of aliphatic hydroxyl groups is 1. The fourth-order valence-corrected chi connectivity index (χ4v) is 3.67. The first-order valence-electron chi connectivity index (χ1n) is 7.62. The molecule has 1 atom stereocenters. The smallest absolute Gasteiger partial charge is 0.372 e. The Bertz CT molecular complexity index is 981. The zero-order chi connectivity index (χ0) is 17.8. The van der Waals surface area contributed by atoms with Crippen LogP contribution in [0, 0.1) is 0 Å². The topological polar surface area (TPSA) is 20.2 Å². The van der Waals surface area contributed by atoms with E-state index in [0.29, 0.717) is 27.3 Å². The monoisotopic (exact) mass is 360 g/mol. The second-order valence-electron chi connectivity index (χ2n) is 5.99. The van der Waals surface area contributed by atoms with Gasteiger partial charge in [-0.3, -0.25) is 0 Å². The molecular weight excluding hydrogens is 349 g/mol. The molecule has 3 aromatic rings. The third-order valence-electron chi connectivity index (χ3n) is 4.61. The number of hydrogen-bond donors (Lipinski definition) is 1. The molecule has 0 fully saturated rings. The van der Waals surface area contributed by atoms with E-state index in [4.69, 9.17) is 11.6 Å². The van der Waals surface area contributed by atoms with Gasteiger partial charge in [-0.1, -0.05) is 66.2 Å². The van der Waals surface area contributed by atoms with E-state index < -0.39 is 11.8 Å². The predicted octanol–water partition coefficient (Wildman–Crippen LogP) is 5.79. The molecule has 0 amide bonds. The summed E-state index contributed by atoms with van der Waals surface area (Å²) in [5, 5.41) is 11.2. The van der Waals surface area contributed by atoms with Crippen molar-refractivity contribution in [2.75, 3.05) is 0 Å². The Balaban J connectivity index is 2.01. The van der Waals surface area contributed by atoms with E-state index in [0.717, 1.165) is 0 Å².